The summed E-state index contributed by atoms with van der Waals surface area (Å²) in [6.07, 6.45) is 14.2. The fourth-order valence-electron chi connectivity index (χ4n) is 13.8. The standard InChI is InChI=1S/C14H23N5O.C13H21N5O.2C12H19N5O.C12H19N5S.2C11H17N5S.C10H15N5S/c1-11-15-13(17(2)3)19(5)14(16-11)18(4)9-8-12-7-6-10-20-12;1-10-14-12(17(2)3)16-13(15-10)18(4)8-7-11-6-5-9-19-11;1-9-14-11(16-12(15-9)17(2)3)13-7-6-10-5-4-8-18-10;2*1-9-14-11(13-2)16-12(15-9)17(3)7-6-10-5-4-8-18-10;1-8-13-10(12)15-11(14-8)16(2)6-5-9-4-3-7-17-9;1-8-14-10(12-2)16-11(15-8)13-6-5-9-4-3-7-17-9;1-7-13-9(11)15-10(14-7)12-5-4-8-3-2-6-16-8/h6-7,10-11H,8-9H2,1-5H3;5-6,9-10H,7-8H2,1-4H3,(H,14,15,16);3*4-5,8-9H,6-7H2,1-3H3,(H2,13,14,15,16);3-4,7-8H,5-6H2,1-2H3,(H3,12,13,14,15);3-4,7-8H,5-6H2,1-2H3,(H3,12,13,14,15,16);2-3,6-7H,4-5H2,1H3,(H4,11,12,13,14,15). The van der Waals surface area contributed by atoms with Gasteiger partial charge >= 0.3 is 0 Å². The van der Waals surface area contributed by atoms with E-state index in [1.54, 1.807) is 91.5 Å². The Labute approximate surface area is 858 Å². The van der Waals surface area contributed by atoms with Crippen molar-refractivity contribution in [3.05, 3.63) is 186 Å². The van der Waals surface area contributed by atoms with Crippen LogP contribution in [0.3, 0.4) is 0 Å². The third-order valence-corrected chi connectivity index (χ3v) is 24.9. The van der Waals surface area contributed by atoms with Crippen molar-refractivity contribution in [1.29, 1.82) is 0 Å². The number of hydrogen-bond donors (Lipinski definition) is 15. The van der Waals surface area contributed by atoms with Gasteiger partial charge in [0.25, 0.3) is 0 Å². The summed E-state index contributed by atoms with van der Waals surface area (Å²) in [7, 11) is 29.2. The summed E-state index contributed by atoms with van der Waals surface area (Å²) >= 11 is 7.09. The molecule has 0 aliphatic carbocycles. The fourth-order valence-corrected chi connectivity index (χ4v) is 16.6. The van der Waals surface area contributed by atoms with Gasteiger partial charge in [-0.1, -0.05) is 24.3 Å². The molecular formula is C95H150N40O4S4. The van der Waals surface area contributed by atoms with Crippen LogP contribution in [0.25, 0.3) is 0 Å². The van der Waals surface area contributed by atoms with Gasteiger partial charge in [0.15, 0.2) is 47.7 Å². The zero-order valence-electron chi connectivity index (χ0n) is 86.9. The van der Waals surface area contributed by atoms with Gasteiger partial charge in [0.1, 0.15) is 66.2 Å². The lowest BCUT2D eigenvalue weighted by Gasteiger charge is -2.35. The number of thiophene rings is 4. The molecule has 8 unspecified atom stereocenters. The first-order valence-corrected chi connectivity index (χ1v) is 51.1. The summed E-state index contributed by atoms with van der Waals surface area (Å²) in [5.74, 6) is 16.1. The Morgan fingerprint density at radius 2 is 0.622 bits per heavy atom. The minimum absolute atomic E-state index is 0.0123. The third-order valence-electron chi connectivity index (χ3n) is 21.2. The van der Waals surface area contributed by atoms with Crippen LogP contribution in [0.5, 0.6) is 0 Å². The van der Waals surface area contributed by atoms with Gasteiger partial charge in [0, 0.05) is 216 Å². The van der Waals surface area contributed by atoms with Crippen LogP contribution in [-0.2, 0) is 51.4 Å². The molecule has 16 heterocycles. The number of aliphatic imine (C=N–C) groups is 16. The Hall–Kier alpha value is -14.2. The van der Waals surface area contributed by atoms with Crippen LogP contribution in [0.1, 0.15) is 97.9 Å². The van der Waals surface area contributed by atoms with E-state index in [4.69, 9.17) is 29.1 Å². The Bertz CT molecular complexity index is 5440. The molecular weight excluding hydrogens is 1890 g/mol. The number of nitrogens with zero attached hydrogens (tertiary/aromatic N) is 25. The molecule has 0 spiro atoms. The second-order valence-corrected chi connectivity index (χ2v) is 38.2. The molecule has 778 valence electrons. The highest BCUT2D eigenvalue weighted by atomic mass is 32.1. The molecule has 0 bridgehead atoms. The molecule has 44 nitrogen and oxygen atoms in total. The molecule has 16 rings (SSSR count). The molecule has 0 amide bonds. The third kappa shape index (κ3) is 40.8. The Morgan fingerprint density at radius 3 is 1.02 bits per heavy atom. The maximum Gasteiger partial charge on any atom is 0.205 e. The molecule has 8 aliphatic rings. The van der Waals surface area contributed by atoms with Crippen LogP contribution in [0.15, 0.2) is 241 Å². The lowest BCUT2D eigenvalue weighted by Crippen LogP contribution is -2.61. The molecule has 143 heavy (non-hydrogen) atoms. The van der Waals surface area contributed by atoms with Gasteiger partial charge in [0.2, 0.25) is 47.7 Å². The summed E-state index contributed by atoms with van der Waals surface area (Å²) in [5, 5.41) is 49.0. The Morgan fingerprint density at radius 1 is 0.308 bits per heavy atom. The van der Waals surface area contributed by atoms with Gasteiger partial charge in [0.05, 0.1) is 31.2 Å². The van der Waals surface area contributed by atoms with Crippen LogP contribution in [0.4, 0.5) is 0 Å². The SMILES string of the molecule is CC1N=C(N(C)C)N(C)C(N(C)CCc2ccco2)=N1.CC1N=C(N(C)C)NC(=NCCc2ccco2)N1.CC1N=C(N(C)C)NC(N(C)CCc2ccco2)=N1.CC1N=C(N)NC(=NCCc2cccs2)N1.CC1N=C(N)NC(N(C)CCc2cccs2)=N1.CN=C1NC(=NCCc2cccs2)NC(C)N1.CN=C1NC(N(C)CCc2ccco2)=NC(C)N1.CN=C1NC(N(C)CCc2cccs2)=NC(C)N1. The molecule has 0 saturated carbocycles. The van der Waals surface area contributed by atoms with E-state index in [1.807, 2.05) is 208 Å². The smallest absolute Gasteiger partial charge is 0.205 e. The topological polar surface area (TPSA) is 488 Å². The van der Waals surface area contributed by atoms with E-state index in [9.17, 15) is 0 Å². The largest absolute Gasteiger partial charge is 0.469 e. The van der Waals surface area contributed by atoms with Crippen molar-refractivity contribution >= 4 is 141 Å². The van der Waals surface area contributed by atoms with E-state index >= 15 is 0 Å². The van der Waals surface area contributed by atoms with E-state index in [1.165, 1.54) is 19.5 Å². The first-order chi connectivity index (χ1) is 68.7. The zero-order chi connectivity index (χ0) is 103. The van der Waals surface area contributed by atoms with Gasteiger partial charge in [-0.05, 0) is 163 Å². The lowest BCUT2D eigenvalue weighted by molar-refractivity contribution is 0.397. The normalized spacial score (nSPS) is 20.7. The molecule has 0 aromatic carbocycles. The molecule has 17 N–H and O–H groups in total. The Balaban J connectivity index is 0.000000182. The van der Waals surface area contributed by atoms with Gasteiger partial charge < -0.3 is 100 Å². The first-order valence-electron chi connectivity index (χ1n) is 47.6. The number of nitrogens with one attached hydrogen (secondary N) is 13. The van der Waals surface area contributed by atoms with Gasteiger partial charge in [-0.25, -0.2) is 49.9 Å². The van der Waals surface area contributed by atoms with E-state index in [2.05, 4.69) is 244 Å². The lowest BCUT2D eigenvalue weighted by atomic mass is 10.3. The van der Waals surface area contributed by atoms with Crippen molar-refractivity contribution in [2.24, 2.45) is 91.3 Å². The summed E-state index contributed by atoms with van der Waals surface area (Å²) < 4.78 is 21.3. The second kappa shape index (κ2) is 59.6. The van der Waals surface area contributed by atoms with Crippen LogP contribution in [0, 0.1) is 0 Å². The van der Waals surface area contributed by atoms with Gasteiger partial charge in [-0.3, -0.25) is 72.1 Å². The molecule has 8 aromatic rings. The number of furan rings is 4. The van der Waals surface area contributed by atoms with Crippen LogP contribution in [0.2, 0.25) is 0 Å². The maximum absolute atomic E-state index is 5.68. The second-order valence-electron chi connectivity index (χ2n) is 34.1. The number of rotatable bonds is 24. The number of guanidine groups is 16. The van der Waals surface area contributed by atoms with Crippen molar-refractivity contribution in [2.45, 2.75) is 156 Å². The van der Waals surface area contributed by atoms with E-state index in [0.29, 0.717) is 24.4 Å². The summed E-state index contributed by atoms with van der Waals surface area (Å²) in [5.41, 5.74) is 11.3. The van der Waals surface area contributed by atoms with Crippen LogP contribution >= 0.6 is 45.3 Å². The number of hydrogen-bond acceptors (Lipinski definition) is 37. The molecule has 0 radical (unpaired) electrons. The van der Waals surface area contributed by atoms with Crippen molar-refractivity contribution in [1.82, 2.24) is 113 Å². The molecule has 8 atom stereocenters. The van der Waals surface area contributed by atoms with Crippen molar-refractivity contribution < 1.29 is 17.7 Å². The predicted octanol–water partition coefficient (Wildman–Crippen LogP) is 6.77. The first kappa shape index (κ1) is 112. The fraction of sp³-hybridized carbons (Fsp3) is 0.495. The molecule has 48 heteroatoms. The zero-order valence-corrected chi connectivity index (χ0v) is 90.2. The highest BCUT2D eigenvalue weighted by Crippen LogP contribution is 2.17. The summed E-state index contributed by atoms with van der Waals surface area (Å²) in [6.45, 7) is 22.4. The minimum Gasteiger partial charge on any atom is -0.469 e. The summed E-state index contributed by atoms with van der Waals surface area (Å²) in [4.78, 5) is 93.6. The molecule has 8 aromatic heterocycles. The number of nitrogens with two attached hydrogens (primary N) is 2. The van der Waals surface area contributed by atoms with Gasteiger partial charge in [-0.15, -0.1) is 45.3 Å². The van der Waals surface area contributed by atoms with Crippen LogP contribution in [-0.4, -0.2) is 347 Å². The Kier molecular flexibility index (Phi) is 46.8. The average molecular weight is 2040 g/mol. The monoisotopic (exact) mass is 2040 g/mol. The average Bonchev–Trinajstić information content (AvgIpc) is 1.05. The minimum atomic E-state index is -0.101. The highest BCUT2D eigenvalue weighted by Gasteiger charge is 2.27. The van der Waals surface area contributed by atoms with Crippen molar-refractivity contribution in [2.75, 3.05) is 158 Å². The van der Waals surface area contributed by atoms with Crippen LogP contribution < -0.4 is 80.6 Å². The van der Waals surface area contributed by atoms with Gasteiger partial charge in [-0.2, -0.15) is 0 Å². The van der Waals surface area contributed by atoms with E-state index < -0.39 is 0 Å². The van der Waals surface area contributed by atoms with Crippen molar-refractivity contribution in [3.63, 3.8) is 0 Å². The molecule has 1 fully saturated rings. The predicted molar refractivity (Wildman–Crippen MR) is 590 cm³/mol. The van der Waals surface area contributed by atoms with E-state index in [0.717, 1.165) is 198 Å². The number of likely N-dealkylation sites (N-methyl/N-ethyl adjacent to an activating group) is 5. The maximum atomic E-state index is 5.68. The van der Waals surface area contributed by atoms with Crippen molar-refractivity contribution in [3.8, 4) is 0 Å². The quantitative estimate of drug-likeness (QED) is 0.0297. The van der Waals surface area contributed by atoms with E-state index in [-0.39, 0.29) is 49.3 Å². The molecule has 8 aliphatic heterocycles. The summed E-state index contributed by atoms with van der Waals surface area (Å²) in [6, 6.07) is 32.4. The highest BCUT2D eigenvalue weighted by molar-refractivity contribution is 7.10. The molecule has 1 saturated heterocycles.